The fraction of sp³-hybridized carbons (Fsp3) is 0.727. The van der Waals surface area contributed by atoms with Crippen molar-refractivity contribution in [2.24, 2.45) is 0 Å². The second-order valence-electron chi connectivity index (χ2n) is 4.52. The van der Waals surface area contributed by atoms with E-state index in [4.69, 9.17) is 11.6 Å². The highest BCUT2D eigenvalue weighted by atomic mass is 35.5. The lowest BCUT2D eigenvalue weighted by Crippen LogP contribution is -2.36. The standard InChI is InChI=1S/C11H17ClN2O/c1-9-10(12)7-13-14(9)8-11(15)5-3-2-4-6-11/h7,15H,2-6,8H2,1H3. The van der Waals surface area contributed by atoms with Crippen LogP contribution in [0.3, 0.4) is 0 Å². The van der Waals surface area contributed by atoms with Crippen molar-refractivity contribution in [3.63, 3.8) is 0 Å². The summed E-state index contributed by atoms with van der Waals surface area (Å²) in [5, 5.41) is 15.2. The zero-order valence-corrected chi connectivity index (χ0v) is 9.80. The Bertz CT molecular complexity index is 342. The predicted octanol–water partition coefficient (Wildman–Crippen LogP) is 2.54. The number of hydrogen-bond donors (Lipinski definition) is 1. The average Bonchev–Trinajstić information content (AvgIpc) is 2.50. The Morgan fingerprint density at radius 1 is 1.47 bits per heavy atom. The summed E-state index contributed by atoms with van der Waals surface area (Å²) in [4.78, 5) is 0. The number of halogens is 1. The number of aliphatic hydroxyl groups is 1. The summed E-state index contributed by atoms with van der Waals surface area (Å²) in [5.41, 5.74) is 0.369. The number of hydrogen-bond acceptors (Lipinski definition) is 2. The second-order valence-corrected chi connectivity index (χ2v) is 4.93. The maximum absolute atomic E-state index is 10.4. The van der Waals surface area contributed by atoms with Crippen LogP contribution in [0.2, 0.25) is 5.02 Å². The molecule has 0 unspecified atom stereocenters. The third kappa shape index (κ3) is 2.34. The van der Waals surface area contributed by atoms with Gasteiger partial charge in [0.05, 0.1) is 29.1 Å². The van der Waals surface area contributed by atoms with Crippen LogP contribution in [0.1, 0.15) is 37.8 Å². The normalized spacial score (nSPS) is 20.5. The number of rotatable bonds is 2. The molecule has 0 aliphatic heterocycles. The predicted molar refractivity (Wildman–Crippen MR) is 60.0 cm³/mol. The van der Waals surface area contributed by atoms with Crippen LogP contribution in [0.15, 0.2) is 6.20 Å². The molecule has 1 fully saturated rings. The molecule has 15 heavy (non-hydrogen) atoms. The minimum Gasteiger partial charge on any atom is -0.388 e. The van der Waals surface area contributed by atoms with E-state index in [0.717, 1.165) is 31.4 Å². The van der Waals surface area contributed by atoms with Crippen LogP contribution < -0.4 is 0 Å². The molecule has 1 aromatic heterocycles. The van der Waals surface area contributed by atoms with Gasteiger partial charge >= 0.3 is 0 Å². The van der Waals surface area contributed by atoms with Crippen LogP contribution in [0.25, 0.3) is 0 Å². The van der Waals surface area contributed by atoms with Gasteiger partial charge in [0.1, 0.15) is 0 Å². The first-order valence-electron chi connectivity index (χ1n) is 5.51. The number of aromatic nitrogens is 2. The van der Waals surface area contributed by atoms with E-state index in [2.05, 4.69) is 5.10 Å². The largest absolute Gasteiger partial charge is 0.388 e. The summed E-state index contributed by atoms with van der Waals surface area (Å²) in [7, 11) is 0. The van der Waals surface area contributed by atoms with Crippen molar-refractivity contribution < 1.29 is 5.11 Å². The zero-order valence-electron chi connectivity index (χ0n) is 9.04. The van der Waals surface area contributed by atoms with Gasteiger partial charge in [-0.15, -0.1) is 0 Å². The lowest BCUT2D eigenvalue weighted by atomic mass is 9.85. The molecule has 0 saturated heterocycles. The first-order valence-corrected chi connectivity index (χ1v) is 5.89. The lowest BCUT2D eigenvalue weighted by molar-refractivity contribution is -0.0147. The molecule has 0 radical (unpaired) electrons. The topological polar surface area (TPSA) is 38.0 Å². The minimum absolute atomic E-state index is 0.571. The monoisotopic (exact) mass is 228 g/mol. The van der Waals surface area contributed by atoms with E-state index in [1.165, 1.54) is 6.42 Å². The SMILES string of the molecule is Cc1c(Cl)cnn1CC1(O)CCCCC1. The van der Waals surface area contributed by atoms with Crippen LogP contribution in [-0.4, -0.2) is 20.5 Å². The summed E-state index contributed by atoms with van der Waals surface area (Å²) in [6.07, 6.45) is 6.87. The van der Waals surface area contributed by atoms with Gasteiger partial charge in [0.25, 0.3) is 0 Å². The van der Waals surface area contributed by atoms with Crippen molar-refractivity contribution in [1.29, 1.82) is 0 Å². The highest BCUT2D eigenvalue weighted by molar-refractivity contribution is 6.31. The molecule has 1 N–H and O–H groups in total. The van der Waals surface area contributed by atoms with Crippen molar-refractivity contribution in [1.82, 2.24) is 9.78 Å². The van der Waals surface area contributed by atoms with E-state index in [-0.39, 0.29) is 0 Å². The third-order valence-corrected chi connectivity index (χ3v) is 3.64. The molecule has 1 aliphatic carbocycles. The van der Waals surface area contributed by atoms with Crippen LogP contribution in [0.4, 0.5) is 0 Å². The summed E-state index contributed by atoms with van der Waals surface area (Å²) in [6, 6.07) is 0. The van der Waals surface area contributed by atoms with Gasteiger partial charge in [-0.2, -0.15) is 5.10 Å². The Kier molecular flexibility index (Phi) is 3.03. The highest BCUT2D eigenvalue weighted by Gasteiger charge is 2.30. The van der Waals surface area contributed by atoms with Crippen molar-refractivity contribution in [2.45, 2.75) is 51.2 Å². The molecular weight excluding hydrogens is 212 g/mol. The van der Waals surface area contributed by atoms with Gasteiger partial charge in [0.2, 0.25) is 0 Å². The molecule has 0 bridgehead atoms. The summed E-state index contributed by atoms with van der Waals surface area (Å²) >= 11 is 5.93. The van der Waals surface area contributed by atoms with Crippen LogP contribution in [0.5, 0.6) is 0 Å². The second kappa shape index (κ2) is 4.14. The molecule has 1 aromatic rings. The molecule has 1 heterocycles. The van der Waals surface area contributed by atoms with Crippen molar-refractivity contribution in [3.8, 4) is 0 Å². The van der Waals surface area contributed by atoms with E-state index in [9.17, 15) is 5.11 Å². The molecule has 1 aliphatic rings. The Morgan fingerprint density at radius 3 is 2.67 bits per heavy atom. The van der Waals surface area contributed by atoms with Crippen molar-refractivity contribution in [3.05, 3.63) is 16.9 Å². The molecule has 3 nitrogen and oxygen atoms in total. The summed E-state index contributed by atoms with van der Waals surface area (Å²) in [6.45, 7) is 2.51. The van der Waals surface area contributed by atoms with Crippen molar-refractivity contribution in [2.75, 3.05) is 0 Å². The Morgan fingerprint density at radius 2 is 2.13 bits per heavy atom. The minimum atomic E-state index is -0.571. The molecule has 0 atom stereocenters. The van der Waals surface area contributed by atoms with E-state index < -0.39 is 5.60 Å². The summed E-state index contributed by atoms with van der Waals surface area (Å²) in [5.74, 6) is 0. The van der Waals surface area contributed by atoms with E-state index >= 15 is 0 Å². The number of nitrogens with zero attached hydrogens (tertiary/aromatic N) is 2. The lowest BCUT2D eigenvalue weighted by Gasteiger charge is -2.32. The fourth-order valence-electron chi connectivity index (χ4n) is 2.23. The zero-order chi connectivity index (χ0) is 10.9. The van der Waals surface area contributed by atoms with Gasteiger partial charge < -0.3 is 5.11 Å². The summed E-state index contributed by atoms with van der Waals surface area (Å²) < 4.78 is 1.81. The Labute approximate surface area is 95.0 Å². The first-order chi connectivity index (χ1) is 7.11. The molecule has 0 aromatic carbocycles. The van der Waals surface area contributed by atoms with Gasteiger partial charge in [0, 0.05) is 0 Å². The van der Waals surface area contributed by atoms with Crippen molar-refractivity contribution >= 4 is 11.6 Å². The molecule has 0 amide bonds. The van der Waals surface area contributed by atoms with Gasteiger partial charge in [-0.1, -0.05) is 30.9 Å². The van der Waals surface area contributed by atoms with E-state index in [1.54, 1.807) is 6.20 Å². The molecule has 0 spiro atoms. The third-order valence-electron chi connectivity index (χ3n) is 3.27. The fourth-order valence-corrected chi connectivity index (χ4v) is 2.37. The molecule has 4 heteroatoms. The molecule has 1 saturated carbocycles. The molecular formula is C11H17ClN2O. The van der Waals surface area contributed by atoms with Gasteiger partial charge in [-0.05, 0) is 19.8 Å². The smallest absolute Gasteiger partial charge is 0.0842 e. The molecule has 84 valence electrons. The Balaban J connectivity index is 2.10. The maximum atomic E-state index is 10.4. The first kappa shape index (κ1) is 11.0. The highest BCUT2D eigenvalue weighted by Crippen LogP contribution is 2.30. The van der Waals surface area contributed by atoms with Gasteiger partial charge in [-0.25, -0.2) is 0 Å². The van der Waals surface area contributed by atoms with Gasteiger partial charge in [0.15, 0.2) is 0 Å². The Hall–Kier alpha value is -0.540. The molecule has 2 rings (SSSR count). The van der Waals surface area contributed by atoms with Crippen LogP contribution in [0, 0.1) is 6.92 Å². The van der Waals surface area contributed by atoms with Crippen LogP contribution in [-0.2, 0) is 6.54 Å². The maximum Gasteiger partial charge on any atom is 0.0842 e. The quantitative estimate of drug-likeness (QED) is 0.845. The van der Waals surface area contributed by atoms with E-state index in [1.807, 2.05) is 11.6 Å². The van der Waals surface area contributed by atoms with E-state index in [0.29, 0.717) is 11.6 Å². The average molecular weight is 229 g/mol. The van der Waals surface area contributed by atoms with Crippen LogP contribution >= 0.6 is 11.6 Å². The van der Waals surface area contributed by atoms with Gasteiger partial charge in [-0.3, -0.25) is 4.68 Å².